The lowest BCUT2D eigenvalue weighted by Crippen LogP contribution is -2.37. The van der Waals surface area contributed by atoms with E-state index < -0.39 is 21.8 Å². The van der Waals surface area contributed by atoms with E-state index >= 15 is 0 Å². The van der Waals surface area contributed by atoms with E-state index in [1.54, 1.807) is 42.5 Å². The van der Waals surface area contributed by atoms with Gasteiger partial charge in [-0.1, -0.05) is 43.5 Å². The molecule has 0 saturated heterocycles. The highest BCUT2D eigenvalue weighted by atomic mass is 32.2. The number of benzene rings is 2. The van der Waals surface area contributed by atoms with Crippen molar-refractivity contribution in [3.63, 3.8) is 0 Å². The first-order valence-electron chi connectivity index (χ1n) is 10.6. The smallest absolute Gasteiger partial charge is 0.313 e. The van der Waals surface area contributed by atoms with Gasteiger partial charge in [0.2, 0.25) is 0 Å². The average Bonchev–Trinajstić information content (AvgIpc) is 2.76. The lowest BCUT2D eigenvalue weighted by molar-refractivity contribution is -0.136. The highest BCUT2D eigenvalue weighted by Gasteiger charge is 2.29. The monoisotopic (exact) mass is 443 g/mol. The lowest BCUT2D eigenvalue weighted by atomic mass is 10.0. The quantitative estimate of drug-likeness (QED) is 0.507. The number of unbranched alkanes of at least 4 members (excludes halogenated alkanes) is 2. The van der Waals surface area contributed by atoms with Crippen molar-refractivity contribution in [2.75, 3.05) is 22.7 Å². The molecule has 0 spiro atoms. The normalized spacial score (nSPS) is 13.4. The predicted octanol–water partition coefficient (Wildman–Crippen LogP) is 3.38. The van der Waals surface area contributed by atoms with E-state index in [2.05, 4.69) is 17.6 Å². The Morgan fingerprint density at radius 1 is 1.03 bits per heavy atom. The van der Waals surface area contributed by atoms with Crippen molar-refractivity contribution in [2.45, 2.75) is 50.8 Å². The lowest BCUT2D eigenvalue weighted by Gasteiger charge is -2.31. The van der Waals surface area contributed by atoms with Crippen LogP contribution in [0, 0.1) is 6.92 Å². The van der Waals surface area contributed by atoms with Gasteiger partial charge in [0.1, 0.15) is 0 Å². The summed E-state index contributed by atoms with van der Waals surface area (Å²) in [6, 6.07) is 11.9. The predicted molar refractivity (Wildman–Crippen MR) is 122 cm³/mol. The van der Waals surface area contributed by atoms with Crippen LogP contribution in [-0.2, 0) is 26.0 Å². The molecule has 166 valence electrons. The molecule has 1 heterocycles. The van der Waals surface area contributed by atoms with Gasteiger partial charge in [0.05, 0.1) is 10.6 Å². The standard InChI is InChI=1S/C23H29N3O4S/c1-3-4-5-14-24-22(27)23(28)25-19-11-10-18-7-6-15-26(21(18)16-19)31(29,30)20-12-8-17(2)9-13-20/h8-13,16H,3-7,14-15H2,1-2H3,(H,24,27)(H,25,28). The van der Waals surface area contributed by atoms with E-state index in [0.29, 0.717) is 30.9 Å². The zero-order chi connectivity index (χ0) is 22.4. The number of anilines is 2. The Bertz CT molecular complexity index is 1050. The van der Waals surface area contributed by atoms with Crippen molar-refractivity contribution in [3.8, 4) is 0 Å². The topological polar surface area (TPSA) is 95.6 Å². The van der Waals surface area contributed by atoms with Crippen molar-refractivity contribution >= 4 is 33.2 Å². The first kappa shape index (κ1) is 22.8. The van der Waals surface area contributed by atoms with Gasteiger partial charge in [-0.3, -0.25) is 13.9 Å². The van der Waals surface area contributed by atoms with Crippen LogP contribution in [0.15, 0.2) is 47.4 Å². The molecule has 31 heavy (non-hydrogen) atoms. The van der Waals surface area contributed by atoms with E-state index in [0.717, 1.165) is 36.8 Å². The molecular weight excluding hydrogens is 414 g/mol. The number of rotatable bonds is 7. The van der Waals surface area contributed by atoms with Gasteiger partial charge in [-0.2, -0.15) is 0 Å². The van der Waals surface area contributed by atoms with Gasteiger partial charge in [0.15, 0.2) is 0 Å². The van der Waals surface area contributed by atoms with E-state index in [9.17, 15) is 18.0 Å². The Kier molecular flexibility index (Phi) is 7.33. The molecule has 0 aliphatic carbocycles. The van der Waals surface area contributed by atoms with Crippen molar-refractivity contribution in [1.82, 2.24) is 5.32 Å². The molecule has 2 aromatic carbocycles. The molecule has 0 atom stereocenters. The molecule has 2 amide bonds. The van der Waals surface area contributed by atoms with Crippen LogP contribution in [0.4, 0.5) is 11.4 Å². The third-order valence-electron chi connectivity index (χ3n) is 5.30. The number of nitrogens with one attached hydrogen (secondary N) is 2. The summed E-state index contributed by atoms with van der Waals surface area (Å²) < 4.78 is 27.9. The van der Waals surface area contributed by atoms with Crippen LogP contribution in [0.5, 0.6) is 0 Å². The molecule has 2 aromatic rings. The molecule has 0 saturated carbocycles. The minimum absolute atomic E-state index is 0.229. The molecule has 0 aromatic heterocycles. The van der Waals surface area contributed by atoms with E-state index in [1.807, 2.05) is 6.92 Å². The minimum Gasteiger partial charge on any atom is -0.348 e. The summed E-state index contributed by atoms with van der Waals surface area (Å²) in [5, 5.41) is 5.18. The van der Waals surface area contributed by atoms with Gasteiger partial charge in [0.25, 0.3) is 10.0 Å². The second-order valence-corrected chi connectivity index (χ2v) is 9.62. The van der Waals surface area contributed by atoms with Gasteiger partial charge in [0, 0.05) is 18.8 Å². The van der Waals surface area contributed by atoms with Crippen LogP contribution < -0.4 is 14.9 Å². The number of carbonyl (C=O) groups is 2. The highest BCUT2D eigenvalue weighted by Crippen LogP contribution is 2.34. The van der Waals surface area contributed by atoms with Crippen LogP contribution in [-0.4, -0.2) is 33.3 Å². The molecule has 1 aliphatic heterocycles. The van der Waals surface area contributed by atoms with Gasteiger partial charge in [-0.15, -0.1) is 0 Å². The Labute approximate surface area is 183 Å². The Hall–Kier alpha value is -2.87. The number of sulfonamides is 1. The second kappa shape index (κ2) is 9.96. The Morgan fingerprint density at radius 3 is 2.48 bits per heavy atom. The van der Waals surface area contributed by atoms with Crippen molar-refractivity contribution in [3.05, 3.63) is 53.6 Å². The number of hydrogen-bond acceptors (Lipinski definition) is 4. The number of carbonyl (C=O) groups excluding carboxylic acids is 2. The maximum atomic E-state index is 13.2. The van der Waals surface area contributed by atoms with Crippen LogP contribution in [0.2, 0.25) is 0 Å². The Morgan fingerprint density at radius 2 is 1.77 bits per heavy atom. The molecule has 0 radical (unpaired) electrons. The Balaban J connectivity index is 1.78. The van der Waals surface area contributed by atoms with E-state index in [4.69, 9.17) is 0 Å². The summed E-state index contributed by atoms with van der Waals surface area (Å²) in [4.78, 5) is 24.5. The molecule has 0 fully saturated rings. The fraction of sp³-hybridized carbons (Fsp3) is 0.391. The summed E-state index contributed by atoms with van der Waals surface area (Å²) in [7, 11) is -3.73. The number of hydrogen-bond donors (Lipinski definition) is 2. The van der Waals surface area contributed by atoms with Crippen LogP contribution >= 0.6 is 0 Å². The van der Waals surface area contributed by atoms with Gasteiger partial charge >= 0.3 is 11.8 Å². The van der Waals surface area contributed by atoms with Gasteiger partial charge in [-0.05, 0) is 56.0 Å². The molecular formula is C23H29N3O4S. The maximum Gasteiger partial charge on any atom is 0.313 e. The first-order chi connectivity index (χ1) is 14.8. The summed E-state index contributed by atoms with van der Waals surface area (Å²) in [6.45, 7) is 4.78. The number of nitrogens with zero attached hydrogens (tertiary/aromatic N) is 1. The summed E-state index contributed by atoms with van der Waals surface area (Å²) in [5.74, 6) is -1.46. The number of fused-ring (bicyclic) bond motifs is 1. The second-order valence-electron chi connectivity index (χ2n) is 7.75. The molecule has 0 unspecified atom stereocenters. The minimum atomic E-state index is -3.73. The summed E-state index contributed by atoms with van der Waals surface area (Å²) in [5.41, 5.74) is 2.80. The zero-order valence-corrected chi connectivity index (χ0v) is 18.8. The van der Waals surface area contributed by atoms with Crippen LogP contribution in [0.1, 0.15) is 43.7 Å². The zero-order valence-electron chi connectivity index (χ0n) is 18.0. The van der Waals surface area contributed by atoms with Crippen molar-refractivity contribution in [2.24, 2.45) is 0 Å². The van der Waals surface area contributed by atoms with Crippen LogP contribution in [0.25, 0.3) is 0 Å². The highest BCUT2D eigenvalue weighted by molar-refractivity contribution is 7.92. The van der Waals surface area contributed by atoms with Crippen LogP contribution in [0.3, 0.4) is 0 Å². The summed E-state index contributed by atoms with van der Waals surface area (Å²) in [6.07, 6.45) is 4.29. The number of aryl methyl sites for hydroxylation is 2. The molecule has 8 heteroatoms. The molecule has 0 bridgehead atoms. The SMILES string of the molecule is CCCCCNC(=O)C(=O)Nc1ccc2c(c1)N(S(=O)(=O)c1ccc(C)cc1)CCC2. The molecule has 2 N–H and O–H groups in total. The van der Waals surface area contributed by atoms with Gasteiger partial charge in [-0.25, -0.2) is 8.42 Å². The molecule has 7 nitrogen and oxygen atoms in total. The van der Waals surface area contributed by atoms with Crippen molar-refractivity contribution < 1.29 is 18.0 Å². The third kappa shape index (κ3) is 5.44. The largest absolute Gasteiger partial charge is 0.348 e. The van der Waals surface area contributed by atoms with Gasteiger partial charge < -0.3 is 10.6 Å². The summed E-state index contributed by atoms with van der Waals surface area (Å²) >= 11 is 0. The van der Waals surface area contributed by atoms with E-state index in [1.165, 1.54) is 4.31 Å². The molecule has 3 rings (SSSR count). The maximum absolute atomic E-state index is 13.2. The fourth-order valence-electron chi connectivity index (χ4n) is 3.55. The third-order valence-corrected chi connectivity index (χ3v) is 7.13. The average molecular weight is 444 g/mol. The van der Waals surface area contributed by atoms with Crippen molar-refractivity contribution in [1.29, 1.82) is 0 Å². The fourth-order valence-corrected chi connectivity index (χ4v) is 5.08. The van der Waals surface area contributed by atoms with E-state index in [-0.39, 0.29) is 4.90 Å². The molecule has 1 aliphatic rings. The first-order valence-corrected chi connectivity index (χ1v) is 12.1. The number of amides is 2.